The summed E-state index contributed by atoms with van der Waals surface area (Å²) >= 11 is 0. The quantitative estimate of drug-likeness (QED) is 0.773. The molecule has 31 heavy (non-hydrogen) atoms. The van der Waals surface area contributed by atoms with Crippen molar-refractivity contribution >= 4 is 21.7 Å². The van der Waals surface area contributed by atoms with E-state index in [0.717, 1.165) is 6.42 Å². The van der Waals surface area contributed by atoms with Crippen molar-refractivity contribution in [1.29, 1.82) is 0 Å². The molecule has 4 rings (SSSR count). The highest BCUT2D eigenvalue weighted by atomic mass is 32.2. The van der Waals surface area contributed by atoms with Crippen molar-refractivity contribution in [3.63, 3.8) is 0 Å². The normalized spacial score (nSPS) is 17.0. The van der Waals surface area contributed by atoms with Gasteiger partial charge in [0.1, 0.15) is 5.75 Å². The Morgan fingerprint density at radius 3 is 2.32 bits per heavy atom. The molecule has 2 heterocycles. The summed E-state index contributed by atoms with van der Waals surface area (Å²) in [4.78, 5) is 14.3. The van der Waals surface area contributed by atoms with E-state index in [1.165, 1.54) is 16.4 Å². The van der Waals surface area contributed by atoms with Crippen LogP contribution >= 0.6 is 0 Å². The minimum atomic E-state index is -3.70. The summed E-state index contributed by atoms with van der Waals surface area (Å²) in [7, 11) is -2.12. The molecule has 2 aromatic rings. The number of sulfonamides is 1. The van der Waals surface area contributed by atoms with Gasteiger partial charge in [0.2, 0.25) is 10.0 Å². The van der Waals surface area contributed by atoms with Crippen molar-refractivity contribution in [1.82, 2.24) is 9.21 Å². The predicted molar refractivity (Wildman–Crippen MR) is 114 cm³/mol. The molecule has 1 fully saturated rings. The number of ether oxygens (including phenoxy) is 3. The van der Waals surface area contributed by atoms with Crippen LogP contribution in [-0.2, 0) is 10.0 Å². The molecule has 9 nitrogen and oxygen atoms in total. The second-order valence-electron chi connectivity index (χ2n) is 7.21. The number of hydrogen-bond acceptors (Lipinski definition) is 6. The Labute approximate surface area is 181 Å². The minimum absolute atomic E-state index is 0.160. The third kappa shape index (κ3) is 4.70. The lowest BCUT2D eigenvalue weighted by Gasteiger charge is -2.34. The fraction of sp³-hybridized carbons (Fsp3) is 0.381. The standard InChI is InChI=1S/C21H25N3O6S/c1-28-17-5-3-16(4-6-17)22-21(25)23-9-11-24(12-10-23)31(26,27)18-7-8-19-20(15-18)30-14-2-13-29-19/h3-8,15H,2,9-14H2,1H3,(H,22,25). The van der Waals surface area contributed by atoms with Crippen LogP contribution in [0.1, 0.15) is 6.42 Å². The summed E-state index contributed by atoms with van der Waals surface area (Å²) in [6.45, 7) is 2.05. The zero-order valence-electron chi connectivity index (χ0n) is 17.2. The highest BCUT2D eigenvalue weighted by molar-refractivity contribution is 7.89. The molecular formula is C21H25N3O6S. The van der Waals surface area contributed by atoms with Crippen LogP contribution in [0.2, 0.25) is 0 Å². The second kappa shape index (κ2) is 9.03. The van der Waals surface area contributed by atoms with E-state index in [4.69, 9.17) is 14.2 Å². The number of carbonyl (C=O) groups excluding carboxylic acids is 1. The Balaban J connectivity index is 1.38. The third-order valence-corrected chi connectivity index (χ3v) is 7.12. The number of nitrogens with one attached hydrogen (secondary N) is 1. The molecule has 0 atom stereocenters. The van der Waals surface area contributed by atoms with E-state index in [9.17, 15) is 13.2 Å². The molecular weight excluding hydrogens is 422 g/mol. The number of nitrogens with zero attached hydrogens (tertiary/aromatic N) is 2. The third-order valence-electron chi connectivity index (χ3n) is 5.22. The maximum absolute atomic E-state index is 13.1. The number of hydrogen-bond donors (Lipinski definition) is 1. The summed E-state index contributed by atoms with van der Waals surface area (Å²) in [6.07, 6.45) is 0.747. The fourth-order valence-corrected chi connectivity index (χ4v) is 4.90. The molecule has 10 heteroatoms. The number of amides is 2. The first kappa shape index (κ1) is 21.3. The monoisotopic (exact) mass is 447 g/mol. The van der Waals surface area contributed by atoms with Crippen LogP contribution in [-0.4, -0.2) is 70.2 Å². The lowest BCUT2D eigenvalue weighted by atomic mass is 10.3. The summed E-state index contributed by atoms with van der Waals surface area (Å²) in [5.41, 5.74) is 0.646. The average molecular weight is 448 g/mol. The maximum atomic E-state index is 13.1. The van der Waals surface area contributed by atoms with Crippen molar-refractivity contribution in [3.8, 4) is 17.2 Å². The highest BCUT2D eigenvalue weighted by Gasteiger charge is 2.31. The molecule has 0 aliphatic carbocycles. The van der Waals surface area contributed by atoms with Crippen LogP contribution < -0.4 is 19.5 Å². The van der Waals surface area contributed by atoms with Crippen molar-refractivity contribution in [2.75, 3.05) is 51.8 Å². The van der Waals surface area contributed by atoms with Crippen LogP contribution in [0.3, 0.4) is 0 Å². The van der Waals surface area contributed by atoms with Crippen LogP contribution in [0, 0.1) is 0 Å². The van der Waals surface area contributed by atoms with E-state index < -0.39 is 10.0 Å². The average Bonchev–Trinajstić information content (AvgIpc) is 3.04. The molecule has 0 aromatic heterocycles. The van der Waals surface area contributed by atoms with Crippen molar-refractivity contribution in [2.24, 2.45) is 0 Å². The van der Waals surface area contributed by atoms with Gasteiger partial charge in [-0.05, 0) is 36.4 Å². The predicted octanol–water partition coefficient (Wildman–Crippen LogP) is 2.39. The first-order chi connectivity index (χ1) is 15.0. The summed E-state index contributed by atoms with van der Waals surface area (Å²) in [5, 5.41) is 2.82. The number of piperazine rings is 1. The maximum Gasteiger partial charge on any atom is 0.321 e. The number of urea groups is 1. The van der Waals surface area contributed by atoms with Gasteiger partial charge in [0.05, 0.1) is 25.2 Å². The molecule has 2 amide bonds. The zero-order chi connectivity index (χ0) is 21.8. The van der Waals surface area contributed by atoms with Crippen LogP contribution in [0.5, 0.6) is 17.2 Å². The topological polar surface area (TPSA) is 97.4 Å². The number of benzene rings is 2. The molecule has 2 aliphatic rings. The largest absolute Gasteiger partial charge is 0.497 e. The summed E-state index contributed by atoms with van der Waals surface area (Å²) < 4.78 is 43.9. The molecule has 0 bridgehead atoms. The molecule has 1 saturated heterocycles. The number of anilines is 1. The molecule has 0 spiro atoms. The number of fused-ring (bicyclic) bond motifs is 1. The SMILES string of the molecule is COc1ccc(NC(=O)N2CCN(S(=O)(=O)c3ccc4c(c3)OCCCO4)CC2)cc1. The van der Waals surface area contributed by atoms with Gasteiger partial charge in [0.15, 0.2) is 11.5 Å². The van der Waals surface area contributed by atoms with Crippen molar-refractivity contribution < 1.29 is 27.4 Å². The number of methoxy groups -OCH3 is 1. The number of rotatable bonds is 4. The summed E-state index contributed by atoms with van der Waals surface area (Å²) in [6, 6.07) is 11.4. The van der Waals surface area contributed by atoms with Gasteiger partial charge < -0.3 is 24.4 Å². The van der Waals surface area contributed by atoms with Gasteiger partial charge in [-0.2, -0.15) is 4.31 Å². The Morgan fingerprint density at radius 1 is 0.968 bits per heavy atom. The van der Waals surface area contributed by atoms with Crippen molar-refractivity contribution in [3.05, 3.63) is 42.5 Å². The summed E-state index contributed by atoms with van der Waals surface area (Å²) in [5.74, 6) is 1.69. The Morgan fingerprint density at radius 2 is 1.65 bits per heavy atom. The van der Waals surface area contributed by atoms with E-state index in [1.807, 2.05) is 0 Å². The number of carbonyl (C=O) groups is 1. The first-order valence-electron chi connectivity index (χ1n) is 10.1. The second-order valence-corrected chi connectivity index (χ2v) is 9.15. The van der Waals surface area contributed by atoms with Gasteiger partial charge in [-0.15, -0.1) is 0 Å². The first-order valence-corrected chi connectivity index (χ1v) is 11.5. The minimum Gasteiger partial charge on any atom is -0.497 e. The molecule has 2 aliphatic heterocycles. The van der Waals surface area contributed by atoms with Crippen molar-refractivity contribution in [2.45, 2.75) is 11.3 Å². The highest BCUT2D eigenvalue weighted by Crippen LogP contribution is 2.33. The van der Waals surface area contributed by atoms with E-state index in [1.54, 1.807) is 42.3 Å². The van der Waals surface area contributed by atoms with E-state index in [2.05, 4.69) is 5.32 Å². The van der Waals surface area contributed by atoms with E-state index in [0.29, 0.717) is 49.2 Å². The van der Waals surface area contributed by atoms with Crippen LogP contribution in [0.15, 0.2) is 47.4 Å². The lowest BCUT2D eigenvalue weighted by molar-refractivity contribution is 0.184. The van der Waals surface area contributed by atoms with Gasteiger partial charge in [-0.25, -0.2) is 13.2 Å². The Hall–Kier alpha value is -2.98. The zero-order valence-corrected chi connectivity index (χ0v) is 18.1. The Kier molecular flexibility index (Phi) is 6.19. The molecule has 1 N–H and O–H groups in total. The molecule has 2 aromatic carbocycles. The van der Waals surface area contributed by atoms with Gasteiger partial charge in [0.25, 0.3) is 0 Å². The molecule has 166 valence electrons. The van der Waals surface area contributed by atoms with Crippen LogP contribution in [0.25, 0.3) is 0 Å². The lowest BCUT2D eigenvalue weighted by Crippen LogP contribution is -2.51. The van der Waals surface area contributed by atoms with Gasteiger partial charge in [0, 0.05) is 44.4 Å². The smallest absolute Gasteiger partial charge is 0.321 e. The van der Waals surface area contributed by atoms with E-state index >= 15 is 0 Å². The molecule has 0 radical (unpaired) electrons. The van der Waals surface area contributed by atoms with Crippen LogP contribution in [0.4, 0.5) is 10.5 Å². The van der Waals surface area contributed by atoms with Gasteiger partial charge in [-0.1, -0.05) is 0 Å². The Bertz CT molecular complexity index is 1030. The molecule has 0 saturated carbocycles. The van der Waals surface area contributed by atoms with Gasteiger partial charge in [-0.3, -0.25) is 0 Å². The van der Waals surface area contributed by atoms with E-state index in [-0.39, 0.29) is 24.0 Å². The van der Waals surface area contributed by atoms with Gasteiger partial charge >= 0.3 is 6.03 Å². The fourth-order valence-electron chi connectivity index (χ4n) is 3.46. The molecule has 0 unspecified atom stereocenters.